The number of aliphatic hydroxyl groups is 1. The summed E-state index contributed by atoms with van der Waals surface area (Å²) in [5.74, 6) is 2.51. The van der Waals surface area contributed by atoms with Crippen molar-refractivity contribution in [2.24, 2.45) is 0 Å². The minimum absolute atomic E-state index is 0.0267. The maximum absolute atomic E-state index is 9.17. The molecule has 152 valence electrons. The lowest BCUT2D eigenvalue weighted by molar-refractivity contribution is 0.0842. The summed E-state index contributed by atoms with van der Waals surface area (Å²) in [5, 5.41) is 9.17. The Labute approximate surface area is 167 Å². The SMILES string of the molecule is COc1ccc(N2CCN([C@@H]3CCCN(Cc4ccc(CO)o4)C3)CC2)cc1. The fourth-order valence-corrected chi connectivity index (χ4v) is 4.42. The molecule has 6 nitrogen and oxygen atoms in total. The highest BCUT2D eigenvalue weighted by Crippen LogP contribution is 2.24. The van der Waals surface area contributed by atoms with Crippen molar-refractivity contribution >= 4 is 5.69 Å². The van der Waals surface area contributed by atoms with Crippen LogP contribution in [0.25, 0.3) is 0 Å². The van der Waals surface area contributed by atoms with Gasteiger partial charge in [0.25, 0.3) is 0 Å². The summed E-state index contributed by atoms with van der Waals surface area (Å²) in [5.41, 5.74) is 1.28. The lowest BCUT2D eigenvalue weighted by atomic mass is 10.0. The Bertz CT molecular complexity index is 738. The topological polar surface area (TPSA) is 52.3 Å². The van der Waals surface area contributed by atoms with Crippen molar-refractivity contribution in [1.29, 1.82) is 0 Å². The molecule has 0 bridgehead atoms. The van der Waals surface area contributed by atoms with Crippen molar-refractivity contribution in [2.75, 3.05) is 51.3 Å². The van der Waals surface area contributed by atoms with Crippen LogP contribution < -0.4 is 9.64 Å². The van der Waals surface area contributed by atoms with Crippen LogP contribution in [0.3, 0.4) is 0 Å². The molecule has 0 saturated carbocycles. The average Bonchev–Trinajstić information content (AvgIpc) is 3.22. The van der Waals surface area contributed by atoms with E-state index in [-0.39, 0.29) is 6.61 Å². The molecule has 2 saturated heterocycles. The number of methoxy groups -OCH3 is 1. The summed E-state index contributed by atoms with van der Waals surface area (Å²) in [4.78, 5) is 7.62. The van der Waals surface area contributed by atoms with Gasteiger partial charge < -0.3 is 19.2 Å². The third-order valence-electron chi connectivity index (χ3n) is 6.00. The van der Waals surface area contributed by atoms with Crippen LogP contribution >= 0.6 is 0 Å². The molecule has 0 unspecified atom stereocenters. The third-order valence-corrected chi connectivity index (χ3v) is 6.00. The van der Waals surface area contributed by atoms with Crippen LogP contribution in [0.2, 0.25) is 0 Å². The quantitative estimate of drug-likeness (QED) is 0.825. The smallest absolute Gasteiger partial charge is 0.129 e. The number of furan rings is 1. The normalized spacial score (nSPS) is 21.8. The Morgan fingerprint density at radius 2 is 1.75 bits per heavy atom. The van der Waals surface area contributed by atoms with Gasteiger partial charge >= 0.3 is 0 Å². The van der Waals surface area contributed by atoms with E-state index in [1.54, 1.807) is 7.11 Å². The van der Waals surface area contributed by atoms with E-state index in [2.05, 4.69) is 26.8 Å². The van der Waals surface area contributed by atoms with Gasteiger partial charge in [0.15, 0.2) is 0 Å². The van der Waals surface area contributed by atoms with E-state index in [0.29, 0.717) is 11.8 Å². The van der Waals surface area contributed by atoms with Gasteiger partial charge in [0.05, 0.1) is 13.7 Å². The van der Waals surface area contributed by atoms with Gasteiger partial charge in [0.1, 0.15) is 23.9 Å². The van der Waals surface area contributed by atoms with Crippen LogP contribution in [-0.2, 0) is 13.2 Å². The number of ether oxygens (including phenoxy) is 1. The molecule has 0 radical (unpaired) electrons. The van der Waals surface area contributed by atoms with Crippen LogP contribution in [0.5, 0.6) is 5.75 Å². The molecule has 2 fully saturated rings. The fourth-order valence-electron chi connectivity index (χ4n) is 4.42. The number of nitrogens with zero attached hydrogens (tertiary/aromatic N) is 3. The monoisotopic (exact) mass is 385 g/mol. The molecule has 0 amide bonds. The molecule has 6 heteroatoms. The summed E-state index contributed by atoms with van der Waals surface area (Å²) in [6.45, 7) is 7.39. The van der Waals surface area contributed by atoms with Crippen LogP contribution in [-0.4, -0.2) is 67.3 Å². The second-order valence-electron chi connectivity index (χ2n) is 7.78. The Morgan fingerprint density at radius 1 is 1.00 bits per heavy atom. The second kappa shape index (κ2) is 8.99. The van der Waals surface area contributed by atoms with Gasteiger partial charge in [-0.2, -0.15) is 0 Å². The lowest BCUT2D eigenvalue weighted by Crippen LogP contribution is -2.55. The second-order valence-corrected chi connectivity index (χ2v) is 7.78. The Balaban J connectivity index is 1.28. The number of aliphatic hydroxyl groups excluding tert-OH is 1. The van der Waals surface area contributed by atoms with Gasteiger partial charge in [-0.25, -0.2) is 0 Å². The number of benzene rings is 1. The van der Waals surface area contributed by atoms with Crippen LogP contribution in [0, 0.1) is 0 Å². The molecule has 28 heavy (non-hydrogen) atoms. The molecule has 2 aliphatic rings. The predicted molar refractivity (Wildman–Crippen MR) is 110 cm³/mol. The number of piperazine rings is 1. The maximum Gasteiger partial charge on any atom is 0.129 e. The number of hydrogen-bond donors (Lipinski definition) is 1. The highest BCUT2D eigenvalue weighted by Gasteiger charge is 2.28. The van der Waals surface area contributed by atoms with Gasteiger partial charge in [-0.1, -0.05) is 0 Å². The first-order valence-corrected chi connectivity index (χ1v) is 10.3. The van der Waals surface area contributed by atoms with Gasteiger partial charge in [-0.15, -0.1) is 0 Å². The first-order chi connectivity index (χ1) is 13.7. The minimum atomic E-state index is -0.0267. The third kappa shape index (κ3) is 4.51. The van der Waals surface area contributed by atoms with Gasteiger partial charge in [0.2, 0.25) is 0 Å². The number of hydrogen-bond acceptors (Lipinski definition) is 6. The van der Waals surface area contributed by atoms with Gasteiger partial charge in [-0.3, -0.25) is 9.80 Å². The summed E-state index contributed by atoms with van der Waals surface area (Å²) in [6, 6.07) is 12.9. The number of rotatable bonds is 6. The fraction of sp³-hybridized carbons (Fsp3) is 0.545. The van der Waals surface area contributed by atoms with Crippen LogP contribution in [0.15, 0.2) is 40.8 Å². The highest BCUT2D eigenvalue weighted by atomic mass is 16.5. The van der Waals surface area contributed by atoms with E-state index in [0.717, 1.165) is 57.3 Å². The molecule has 1 N–H and O–H groups in total. The van der Waals surface area contributed by atoms with Crippen LogP contribution in [0.1, 0.15) is 24.4 Å². The number of anilines is 1. The molecule has 0 aliphatic carbocycles. The molecule has 1 atom stereocenters. The van der Waals surface area contributed by atoms with E-state index in [1.165, 1.54) is 18.5 Å². The van der Waals surface area contributed by atoms with E-state index < -0.39 is 0 Å². The van der Waals surface area contributed by atoms with Crippen LogP contribution in [0.4, 0.5) is 5.69 Å². The molecule has 1 aromatic carbocycles. The van der Waals surface area contributed by atoms with Gasteiger partial charge in [0, 0.05) is 44.5 Å². The summed E-state index contributed by atoms with van der Waals surface area (Å²) in [7, 11) is 1.71. The lowest BCUT2D eigenvalue weighted by Gasteiger charge is -2.43. The van der Waals surface area contributed by atoms with Crippen molar-refractivity contribution in [3.8, 4) is 5.75 Å². The Morgan fingerprint density at radius 3 is 2.43 bits per heavy atom. The van der Waals surface area contributed by atoms with Crippen molar-refractivity contribution in [3.63, 3.8) is 0 Å². The zero-order valence-electron chi connectivity index (χ0n) is 16.7. The van der Waals surface area contributed by atoms with Crippen molar-refractivity contribution in [2.45, 2.75) is 32.0 Å². The van der Waals surface area contributed by atoms with E-state index in [1.807, 2.05) is 24.3 Å². The number of likely N-dealkylation sites (tertiary alicyclic amines) is 1. The molecule has 2 aromatic rings. The zero-order valence-corrected chi connectivity index (χ0v) is 16.7. The molecular weight excluding hydrogens is 354 g/mol. The molecule has 4 rings (SSSR count). The first kappa shape index (κ1) is 19.3. The maximum atomic E-state index is 9.17. The summed E-state index contributed by atoms with van der Waals surface area (Å²) in [6.07, 6.45) is 2.51. The van der Waals surface area contributed by atoms with E-state index in [9.17, 15) is 5.11 Å². The summed E-state index contributed by atoms with van der Waals surface area (Å²) >= 11 is 0. The van der Waals surface area contributed by atoms with Crippen molar-refractivity contribution in [1.82, 2.24) is 9.80 Å². The highest BCUT2D eigenvalue weighted by molar-refractivity contribution is 5.49. The van der Waals surface area contributed by atoms with Crippen molar-refractivity contribution < 1.29 is 14.3 Å². The predicted octanol–water partition coefficient (Wildman–Crippen LogP) is 2.57. The molecule has 2 aliphatic heterocycles. The Kier molecular flexibility index (Phi) is 6.20. The zero-order chi connectivity index (χ0) is 19.3. The standard InChI is InChI=1S/C22H31N3O3/c1-27-20-6-4-18(5-7-20)24-11-13-25(14-12-24)19-3-2-10-23(15-19)16-21-8-9-22(17-26)28-21/h4-9,19,26H,2-3,10-17H2,1H3/t19-/m1/s1. The summed E-state index contributed by atoms with van der Waals surface area (Å²) < 4.78 is 10.9. The van der Waals surface area contributed by atoms with Gasteiger partial charge in [-0.05, 0) is 55.8 Å². The Hall–Kier alpha value is -2.02. The number of piperidine rings is 1. The first-order valence-electron chi connectivity index (χ1n) is 10.3. The largest absolute Gasteiger partial charge is 0.497 e. The molecule has 1 aromatic heterocycles. The van der Waals surface area contributed by atoms with E-state index in [4.69, 9.17) is 9.15 Å². The minimum Gasteiger partial charge on any atom is -0.497 e. The average molecular weight is 386 g/mol. The molecular formula is C22H31N3O3. The molecule has 0 spiro atoms. The van der Waals surface area contributed by atoms with E-state index >= 15 is 0 Å². The van der Waals surface area contributed by atoms with Crippen molar-refractivity contribution in [3.05, 3.63) is 47.9 Å². The molecule has 3 heterocycles.